The van der Waals surface area contributed by atoms with E-state index in [1.54, 1.807) is 19.2 Å². The Labute approximate surface area is 115 Å². The Balaban J connectivity index is 1.68. The quantitative estimate of drug-likeness (QED) is 0.910. The van der Waals surface area contributed by atoms with Crippen molar-refractivity contribution in [2.24, 2.45) is 0 Å². The zero-order valence-electron chi connectivity index (χ0n) is 10.5. The van der Waals surface area contributed by atoms with Crippen molar-refractivity contribution in [3.63, 3.8) is 0 Å². The fourth-order valence-electron chi connectivity index (χ4n) is 1.84. The molecule has 1 saturated carbocycles. The van der Waals surface area contributed by atoms with E-state index >= 15 is 0 Å². The lowest BCUT2D eigenvalue weighted by molar-refractivity contribution is 0.377. The zero-order chi connectivity index (χ0) is 13.2. The molecule has 0 spiro atoms. The predicted octanol–water partition coefficient (Wildman–Crippen LogP) is 3.22. The van der Waals surface area contributed by atoms with Crippen LogP contribution in [-0.4, -0.2) is 17.3 Å². The zero-order valence-corrected chi connectivity index (χ0v) is 11.3. The summed E-state index contributed by atoms with van der Waals surface area (Å²) in [5.74, 6) is 2.61. The molecule has 1 aromatic heterocycles. The summed E-state index contributed by atoms with van der Waals surface area (Å²) in [5, 5.41) is 7.80. The van der Waals surface area contributed by atoms with Gasteiger partial charge in [-0.3, -0.25) is 0 Å². The SMILES string of the molecule is COc1ccc(Cl)cc1NCc1nc(C2CC2)no1. The van der Waals surface area contributed by atoms with Gasteiger partial charge in [0.25, 0.3) is 0 Å². The van der Waals surface area contributed by atoms with Gasteiger partial charge < -0.3 is 14.6 Å². The molecule has 1 N–H and O–H groups in total. The number of nitrogens with zero attached hydrogens (tertiary/aromatic N) is 2. The highest BCUT2D eigenvalue weighted by Gasteiger charge is 2.28. The molecular weight excluding hydrogens is 266 g/mol. The van der Waals surface area contributed by atoms with Crippen LogP contribution >= 0.6 is 11.6 Å². The van der Waals surface area contributed by atoms with E-state index in [0.29, 0.717) is 23.4 Å². The van der Waals surface area contributed by atoms with Crippen LogP contribution in [0.2, 0.25) is 5.02 Å². The maximum atomic E-state index is 5.96. The highest BCUT2D eigenvalue weighted by atomic mass is 35.5. The first-order valence-corrected chi connectivity index (χ1v) is 6.54. The van der Waals surface area contributed by atoms with Gasteiger partial charge in [-0.2, -0.15) is 4.98 Å². The fraction of sp³-hybridized carbons (Fsp3) is 0.385. The average molecular weight is 280 g/mol. The normalized spacial score (nSPS) is 14.4. The molecule has 5 nitrogen and oxygen atoms in total. The summed E-state index contributed by atoms with van der Waals surface area (Å²) in [5.41, 5.74) is 0.807. The highest BCUT2D eigenvalue weighted by Crippen LogP contribution is 2.38. The molecule has 0 atom stereocenters. The minimum atomic E-state index is 0.455. The Kier molecular flexibility index (Phi) is 3.29. The molecule has 0 aliphatic heterocycles. The van der Waals surface area contributed by atoms with Crippen molar-refractivity contribution in [3.8, 4) is 5.75 Å². The Bertz CT molecular complexity index is 581. The molecule has 0 bridgehead atoms. The second kappa shape index (κ2) is 5.09. The molecule has 1 heterocycles. The molecule has 100 valence electrons. The van der Waals surface area contributed by atoms with E-state index in [1.165, 1.54) is 0 Å². The number of benzene rings is 1. The predicted molar refractivity (Wildman–Crippen MR) is 71.6 cm³/mol. The molecule has 2 aromatic rings. The molecule has 1 aliphatic carbocycles. The number of aromatic nitrogens is 2. The minimum absolute atomic E-state index is 0.455. The van der Waals surface area contributed by atoms with E-state index in [-0.39, 0.29) is 0 Å². The molecule has 3 rings (SSSR count). The number of rotatable bonds is 5. The summed E-state index contributed by atoms with van der Waals surface area (Å²) >= 11 is 5.96. The van der Waals surface area contributed by atoms with Gasteiger partial charge in [0.2, 0.25) is 5.89 Å². The van der Waals surface area contributed by atoms with Gasteiger partial charge in [-0.05, 0) is 31.0 Å². The lowest BCUT2D eigenvalue weighted by Crippen LogP contribution is -2.01. The van der Waals surface area contributed by atoms with Gasteiger partial charge >= 0.3 is 0 Å². The van der Waals surface area contributed by atoms with Crippen LogP contribution in [0.1, 0.15) is 30.5 Å². The number of nitrogens with one attached hydrogen (secondary N) is 1. The number of methoxy groups -OCH3 is 1. The molecule has 1 aliphatic rings. The summed E-state index contributed by atoms with van der Waals surface area (Å²) in [6, 6.07) is 5.40. The van der Waals surface area contributed by atoms with Crippen LogP contribution in [0.25, 0.3) is 0 Å². The standard InChI is InChI=1S/C13H14ClN3O2/c1-18-11-5-4-9(14)6-10(11)15-7-12-16-13(17-19-12)8-2-3-8/h4-6,8,15H,2-3,7H2,1H3. The number of hydrogen-bond donors (Lipinski definition) is 1. The second-order valence-electron chi connectivity index (χ2n) is 4.52. The summed E-state index contributed by atoms with van der Waals surface area (Å²) in [4.78, 5) is 4.35. The Morgan fingerprint density at radius 1 is 1.47 bits per heavy atom. The third-order valence-electron chi connectivity index (χ3n) is 3.02. The van der Waals surface area contributed by atoms with Gasteiger partial charge in [-0.1, -0.05) is 16.8 Å². The van der Waals surface area contributed by atoms with Crippen LogP contribution in [-0.2, 0) is 6.54 Å². The molecule has 1 fully saturated rings. The van der Waals surface area contributed by atoms with E-state index in [9.17, 15) is 0 Å². The summed E-state index contributed by atoms with van der Waals surface area (Å²) in [6.07, 6.45) is 2.32. The van der Waals surface area contributed by atoms with Crippen molar-refractivity contribution in [2.75, 3.05) is 12.4 Å². The third kappa shape index (κ3) is 2.81. The van der Waals surface area contributed by atoms with Gasteiger partial charge in [-0.15, -0.1) is 0 Å². The Hall–Kier alpha value is -1.75. The number of ether oxygens (including phenoxy) is 1. The highest BCUT2D eigenvalue weighted by molar-refractivity contribution is 6.30. The topological polar surface area (TPSA) is 60.2 Å². The van der Waals surface area contributed by atoms with Crippen molar-refractivity contribution >= 4 is 17.3 Å². The number of hydrogen-bond acceptors (Lipinski definition) is 5. The lowest BCUT2D eigenvalue weighted by Gasteiger charge is -2.09. The number of anilines is 1. The number of halogens is 1. The van der Waals surface area contributed by atoms with Crippen LogP contribution in [0, 0.1) is 0 Å². The molecule has 1 aromatic carbocycles. The molecule has 0 unspecified atom stereocenters. The van der Waals surface area contributed by atoms with Crippen LogP contribution in [0.15, 0.2) is 22.7 Å². The summed E-state index contributed by atoms with van der Waals surface area (Å²) < 4.78 is 10.4. The lowest BCUT2D eigenvalue weighted by atomic mass is 10.3. The van der Waals surface area contributed by atoms with Crippen LogP contribution in [0.5, 0.6) is 5.75 Å². The van der Waals surface area contributed by atoms with E-state index in [1.807, 2.05) is 6.07 Å². The van der Waals surface area contributed by atoms with E-state index < -0.39 is 0 Å². The maximum Gasteiger partial charge on any atom is 0.245 e. The summed E-state index contributed by atoms with van der Waals surface area (Å²) in [7, 11) is 1.62. The van der Waals surface area contributed by atoms with Crippen molar-refractivity contribution < 1.29 is 9.26 Å². The Morgan fingerprint density at radius 3 is 3.05 bits per heavy atom. The molecule has 19 heavy (non-hydrogen) atoms. The van der Waals surface area contributed by atoms with Crippen LogP contribution < -0.4 is 10.1 Å². The monoisotopic (exact) mass is 279 g/mol. The molecule has 0 radical (unpaired) electrons. The van der Waals surface area contributed by atoms with Gasteiger partial charge in [0.15, 0.2) is 5.82 Å². The van der Waals surface area contributed by atoms with E-state index in [0.717, 1.165) is 30.1 Å². The summed E-state index contributed by atoms with van der Waals surface area (Å²) in [6.45, 7) is 0.455. The smallest absolute Gasteiger partial charge is 0.245 e. The first-order valence-electron chi connectivity index (χ1n) is 6.16. The van der Waals surface area contributed by atoms with Crippen molar-refractivity contribution in [1.82, 2.24) is 10.1 Å². The third-order valence-corrected chi connectivity index (χ3v) is 3.25. The van der Waals surface area contributed by atoms with Gasteiger partial charge in [0, 0.05) is 10.9 Å². The Morgan fingerprint density at radius 2 is 2.32 bits per heavy atom. The maximum absolute atomic E-state index is 5.96. The van der Waals surface area contributed by atoms with E-state index in [2.05, 4.69) is 15.5 Å². The van der Waals surface area contributed by atoms with Gasteiger partial charge in [-0.25, -0.2) is 0 Å². The molecule has 0 saturated heterocycles. The first-order chi connectivity index (χ1) is 9.26. The minimum Gasteiger partial charge on any atom is -0.495 e. The van der Waals surface area contributed by atoms with Gasteiger partial charge in [0.1, 0.15) is 5.75 Å². The first kappa shape index (κ1) is 12.3. The molecular formula is C13H14ClN3O2. The van der Waals surface area contributed by atoms with Crippen LogP contribution in [0.3, 0.4) is 0 Å². The largest absolute Gasteiger partial charge is 0.495 e. The van der Waals surface area contributed by atoms with Gasteiger partial charge in [0.05, 0.1) is 19.3 Å². The fourth-order valence-corrected chi connectivity index (χ4v) is 2.01. The van der Waals surface area contributed by atoms with Crippen molar-refractivity contribution in [1.29, 1.82) is 0 Å². The molecule has 6 heteroatoms. The van der Waals surface area contributed by atoms with Crippen molar-refractivity contribution in [3.05, 3.63) is 34.9 Å². The second-order valence-corrected chi connectivity index (χ2v) is 4.96. The van der Waals surface area contributed by atoms with Crippen LogP contribution in [0.4, 0.5) is 5.69 Å². The van der Waals surface area contributed by atoms with Crippen molar-refractivity contribution in [2.45, 2.75) is 25.3 Å². The van der Waals surface area contributed by atoms with E-state index in [4.69, 9.17) is 20.9 Å². The average Bonchev–Trinajstić information content (AvgIpc) is 3.16. The molecule has 0 amide bonds.